The largest absolute Gasteiger partial charge is 0.473 e. The van der Waals surface area contributed by atoms with Gasteiger partial charge in [0.05, 0.1) is 6.20 Å². The molecule has 1 N–H and O–H groups in total. The highest BCUT2D eigenvalue weighted by Crippen LogP contribution is 2.15. The van der Waals surface area contributed by atoms with Gasteiger partial charge < -0.3 is 9.47 Å². The summed E-state index contributed by atoms with van der Waals surface area (Å²) in [7, 11) is 0. The molecule has 1 heterocycles. The third-order valence-electron chi connectivity index (χ3n) is 2.98. The zero-order valence-electron chi connectivity index (χ0n) is 11.5. The molecule has 0 fully saturated rings. The van der Waals surface area contributed by atoms with Gasteiger partial charge in [-0.05, 0) is 11.1 Å². The third-order valence-corrected chi connectivity index (χ3v) is 2.98. The number of rotatable bonds is 6. The van der Waals surface area contributed by atoms with E-state index in [1.54, 1.807) is 6.20 Å². The van der Waals surface area contributed by atoms with Crippen molar-refractivity contribution in [3.05, 3.63) is 78.0 Å². The van der Waals surface area contributed by atoms with Crippen molar-refractivity contribution in [1.29, 1.82) is 0 Å². The summed E-state index contributed by atoms with van der Waals surface area (Å²) in [6.07, 6.45) is 1.63. The summed E-state index contributed by atoms with van der Waals surface area (Å²) in [4.78, 5) is 7.14. The topological polar surface area (TPSA) is 47.1 Å². The SMILES string of the molecule is c1ccc(COc2cnc(OCc3ccccc3)[nH]2)cc1. The number of ether oxygens (including phenoxy) is 2. The number of imidazole rings is 1. The predicted octanol–water partition coefficient (Wildman–Crippen LogP) is 3.57. The van der Waals surface area contributed by atoms with Gasteiger partial charge >= 0.3 is 0 Å². The Morgan fingerprint density at radius 3 is 1.95 bits per heavy atom. The minimum Gasteiger partial charge on any atom is -0.473 e. The van der Waals surface area contributed by atoms with E-state index < -0.39 is 0 Å². The Hall–Kier alpha value is -2.75. The average Bonchev–Trinajstić information content (AvgIpc) is 3.01. The molecule has 21 heavy (non-hydrogen) atoms. The smallest absolute Gasteiger partial charge is 0.296 e. The molecular weight excluding hydrogens is 264 g/mol. The van der Waals surface area contributed by atoms with Crippen molar-refractivity contribution in [3.8, 4) is 11.9 Å². The van der Waals surface area contributed by atoms with Gasteiger partial charge in [-0.25, -0.2) is 0 Å². The zero-order chi connectivity index (χ0) is 14.3. The fourth-order valence-corrected chi connectivity index (χ4v) is 1.90. The fraction of sp³-hybridized carbons (Fsp3) is 0.118. The normalized spacial score (nSPS) is 10.3. The van der Waals surface area contributed by atoms with E-state index in [1.807, 2.05) is 60.7 Å². The van der Waals surface area contributed by atoms with Crippen LogP contribution in [0.15, 0.2) is 66.9 Å². The first-order chi connectivity index (χ1) is 10.4. The van der Waals surface area contributed by atoms with Crippen LogP contribution in [0.3, 0.4) is 0 Å². The van der Waals surface area contributed by atoms with Gasteiger partial charge in [-0.1, -0.05) is 60.7 Å². The van der Waals surface area contributed by atoms with Gasteiger partial charge in [-0.2, -0.15) is 4.98 Å². The number of aromatic amines is 1. The van der Waals surface area contributed by atoms with E-state index in [9.17, 15) is 0 Å². The molecule has 0 atom stereocenters. The van der Waals surface area contributed by atoms with Gasteiger partial charge in [0.1, 0.15) is 13.2 Å². The van der Waals surface area contributed by atoms with Gasteiger partial charge in [0, 0.05) is 0 Å². The van der Waals surface area contributed by atoms with Crippen LogP contribution in [0.2, 0.25) is 0 Å². The van der Waals surface area contributed by atoms with Crippen LogP contribution < -0.4 is 9.47 Å². The zero-order valence-corrected chi connectivity index (χ0v) is 11.5. The van der Waals surface area contributed by atoms with Crippen LogP contribution in [0, 0.1) is 0 Å². The maximum Gasteiger partial charge on any atom is 0.296 e. The van der Waals surface area contributed by atoms with Crippen LogP contribution in [0.5, 0.6) is 11.9 Å². The minimum atomic E-state index is 0.460. The number of nitrogens with zero attached hydrogens (tertiary/aromatic N) is 1. The summed E-state index contributed by atoms with van der Waals surface area (Å²) >= 11 is 0. The molecule has 0 unspecified atom stereocenters. The predicted molar refractivity (Wildman–Crippen MR) is 80.1 cm³/mol. The second-order valence-electron chi connectivity index (χ2n) is 4.60. The maximum absolute atomic E-state index is 5.63. The molecule has 4 heteroatoms. The Bertz CT molecular complexity index is 608. The van der Waals surface area contributed by atoms with E-state index in [-0.39, 0.29) is 0 Å². The van der Waals surface area contributed by atoms with Crippen LogP contribution >= 0.6 is 0 Å². The van der Waals surface area contributed by atoms with E-state index in [4.69, 9.17) is 9.47 Å². The van der Waals surface area contributed by atoms with Gasteiger partial charge in [-0.3, -0.25) is 4.98 Å². The van der Waals surface area contributed by atoms with Crippen LogP contribution in [0.1, 0.15) is 11.1 Å². The highest BCUT2D eigenvalue weighted by molar-refractivity contribution is 5.17. The summed E-state index contributed by atoms with van der Waals surface area (Å²) in [6.45, 7) is 0.980. The number of hydrogen-bond acceptors (Lipinski definition) is 3. The summed E-state index contributed by atoms with van der Waals surface area (Å²) in [6, 6.07) is 20.4. The molecule has 0 aliphatic carbocycles. The second-order valence-corrected chi connectivity index (χ2v) is 4.60. The van der Waals surface area contributed by atoms with Crippen molar-refractivity contribution in [2.75, 3.05) is 0 Å². The Morgan fingerprint density at radius 2 is 1.33 bits per heavy atom. The molecule has 0 aliphatic heterocycles. The molecule has 0 saturated carbocycles. The lowest BCUT2D eigenvalue weighted by molar-refractivity contribution is 0.270. The molecule has 0 bridgehead atoms. The molecule has 1 aromatic heterocycles. The standard InChI is InChI=1S/C17H16N2O2/c1-3-7-14(8-4-1)12-20-16-11-18-17(19-16)21-13-15-9-5-2-6-10-15/h1-11H,12-13H2,(H,18,19). The first-order valence-electron chi connectivity index (χ1n) is 6.78. The molecule has 0 spiro atoms. The third kappa shape index (κ3) is 3.86. The lowest BCUT2D eigenvalue weighted by Crippen LogP contribution is -1.97. The summed E-state index contributed by atoms with van der Waals surface area (Å²) < 4.78 is 11.2. The van der Waals surface area contributed by atoms with Gasteiger partial charge in [0.15, 0.2) is 0 Å². The van der Waals surface area contributed by atoms with Crippen LogP contribution in [-0.2, 0) is 13.2 Å². The number of benzene rings is 2. The fourth-order valence-electron chi connectivity index (χ4n) is 1.90. The Kier molecular flexibility index (Phi) is 4.17. The van der Waals surface area contributed by atoms with Crippen molar-refractivity contribution in [2.45, 2.75) is 13.2 Å². The summed E-state index contributed by atoms with van der Waals surface area (Å²) in [5, 5.41) is 0. The van der Waals surface area contributed by atoms with E-state index in [0.717, 1.165) is 11.1 Å². The van der Waals surface area contributed by atoms with E-state index in [1.165, 1.54) is 0 Å². The second kappa shape index (κ2) is 6.61. The molecule has 0 radical (unpaired) electrons. The molecular formula is C17H16N2O2. The lowest BCUT2D eigenvalue weighted by Gasteiger charge is -2.04. The van der Waals surface area contributed by atoms with Gasteiger partial charge in [0.25, 0.3) is 6.01 Å². The quantitative estimate of drug-likeness (QED) is 0.751. The molecule has 106 valence electrons. The average molecular weight is 280 g/mol. The highest BCUT2D eigenvalue weighted by atomic mass is 16.5. The molecule has 2 aromatic carbocycles. The molecule has 0 saturated heterocycles. The van der Waals surface area contributed by atoms with E-state index >= 15 is 0 Å². The molecule has 4 nitrogen and oxygen atoms in total. The number of nitrogens with one attached hydrogen (secondary N) is 1. The Morgan fingerprint density at radius 1 is 0.762 bits per heavy atom. The monoisotopic (exact) mass is 280 g/mol. The van der Waals surface area contributed by atoms with Gasteiger partial charge in [-0.15, -0.1) is 0 Å². The van der Waals surface area contributed by atoms with Crippen molar-refractivity contribution in [3.63, 3.8) is 0 Å². The van der Waals surface area contributed by atoms with Crippen LogP contribution in [0.25, 0.3) is 0 Å². The van der Waals surface area contributed by atoms with E-state index in [2.05, 4.69) is 9.97 Å². The number of hydrogen-bond donors (Lipinski definition) is 1. The number of aromatic nitrogens is 2. The molecule has 0 amide bonds. The molecule has 3 rings (SSSR count). The minimum absolute atomic E-state index is 0.460. The van der Waals surface area contributed by atoms with Crippen LogP contribution in [0.4, 0.5) is 0 Å². The first kappa shape index (κ1) is 13.2. The molecule has 3 aromatic rings. The van der Waals surface area contributed by atoms with Gasteiger partial charge in [0.2, 0.25) is 5.88 Å². The van der Waals surface area contributed by atoms with Crippen molar-refractivity contribution in [2.24, 2.45) is 0 Å². The van der Waals surface area contributed by atoms with E-state index in [0.29, 0.717) is 25.1 Å². The lowest BCUT2D eigenvalue weighted by atomic mass is 10.2. The molecule has 0 aliphatic rings. The maximum atomic E-state index is 5.63. The summed E-state index contributed by atoms with van der Waals surface area (Å²) in [5.74, 6) is 0.599. The number of H-pyrrole nitrogens is 1. The first-order valence-corrected chi connectivity index (χ1v) is 6.78. The van der Waals surface area contributed by atoms with Crippen molar-refractivity contribution in [1.82, 2.24) is 9.97 Å². The Labute approximate surface area is 123 Å². The summed E-state index contributed by atoms with van der Waals surface area (Å²) in [5.41, 5.74) is 2.21. The highest BCUT2D eigenvalue weighted by Gasteiger charge is 2.03. The van der Waals surface area contributed by atoms with Crippen LogP contribution in [-0.4, -0.2) is 9.97 Å². The van der Waals surface area contributed by atoms with Crippen molar-refractivity contribution >= 4 is 0 Å². The Balaban J connectivity index is 1.52. The van der Waals surface area contributed by atoms with Crippen molar-refractivity contribution < 1.29 is 9.47 Å².